The predicted octanol–water partition coefficient (Wildman–Crippen LogP) is 3.50. The summed E-state index contributed by atoms with van der Waals surface area (Å²) in [5, 5.41) is 3.07. The van der Waals surface area contributed by atoms with Gasteiger partial charge in [0.25, 0.3) is 0 Å². The molecule has 3 rings (SSSR count). The van der Waals surface area contributed by atoms with E-state index in [1.807, 2.05) is 17.4 Å². The zero-order chi connectivity index (χ0) is 17.5. The molecule has 0 bridgehead atoms. The second kappa shape index (κ2) is 8.70. The van der Waals surface area contributed by atoms with E-state index in [2.05, 4.69) is 52.1 Å². The van der Waals surface area contributed by atoms with Crippen molar-refractivity contribution in [3.8, 4) is 0 Å². The zero-order valence-corrected chi connectivity index (χ0v) is 15.0. The van der Waals surface area contributed by atoms with Crippen LogP contribution < -0.4 is 5.32 Å². The van der Waals surface area contributed by atoms with Crippen LogP contribution in [0.4, 0.5) is 4.79 Å². The van der Waals surface area contributed by atoms with Crippen molar-refractivity contribution in [2.75, 3.05) is 19.6 Å². The van der Waals surface area contributed by atoms with Crippen LogP contribution in [0.5, 0.6) is 0 Å². The van der Waals surface area contributed by atoms with Crippen molar-refractivity contribution in [2.24, 2.45) is 5.92 Å². The summed E-state index contributed by atoms with van der Waals surface area (Å²) in [4.78, 5) is 18.4. The Kier molecular flexibility index (Phi) is 6.09. The van der Waals surface area contributed by atoms with E-state index in [0.29, 0.717) is 11.8 Å². The molecule has 0 unspecified atom stereocenters. The van der Waals surface area contributed by atoms with Gasteiger partial charge in [0.1, 0.15) is 0 Å². The largest absolute Gasteiger partial charge is 0.338 e. The van der Waals surface area contributed by atoms with E-state index >= 15 is 0 Å². The summed E-state index contributed by atoms with van der Waals surface area (Å²) in [5.41, 5.74) is 1.40. The van der Waals surface area contributed by atoms with Gasteiger partial charge in [-0.2, -0.15) is 0 Å². The number of hydrogen-bond donors (Lipinski definition) is 1. The van der Waals surface area contributed by atoms with Gasteiger partial charge in [0, 0.05) is 38.6 Å². The van der Waals surface area contributed by atoms with Gasteiger partial charge in [0.05, 0.1) is 6.33 Å². The summed E-state index contributed by atoms with van der Waals surface area (Å²) in [6, 6.07) is 10.8. The first-order valence-corrected chi connectivity index (χ1v) is 9.27. The highest BCUT2D eigenvalue weighted by atomic mass is 16.2. The Bertz CT molecular complexity index is 641. The number of amides is 2. The van der Waals surface area contributed by atoms with E-state index in [0.717, 1.165) is 45.4 Å². The number of carbonyl (C=O) groups excluding carboxylic acids is 1. The molecule has 1 aromatic heterocycles. The number of urea groups is 1. The normalized spacial score (nSPS) is 20.4. The van der Waals surface area contributed by atoms with E-state index < -0.39 is 0 Å². The molecule has 1 N–H and O–H groups in total. The molecular formula is C20H28N4O. The maximum atomic E-state index is 12.4. The second-order valence-electron chi connectivity index (χ2n) is 6.97. The predicted molar refractivity (Wildman–Crippen MR) is 99.4 cm³/mol. The third-order valence-electron chi connectivity index (χ3n) is 5.10. The summed E-state index contributed by atoms with van der Waals surface area (Å²) in [7, 11) is 0. The number of nitrogens with one attached hydrogen (secondary N) is 1. The number of unbranched alkanes of at least 4 members (excludes halogenated alkanes) is 1. The van der Waals surface area contributed by atoms with Gasteiger partial charge in [-0.25, -0.2) is 9.78 Å². The summed E-state index contributed by atoms with van der Waals surface area (Å²) in [6.07, 6.45) is 8.66. The fraction of sp³-hybridized carbons (Fsp3) is 0.500. The third kappa shape index (κ3) is 4.84. The number of piperidine rings is 1. The van der Waals surface area contributed by atoms with Crippen molar-refractivity contribution in [1.29, 1.82) is 0 Å². The highest BCUT2D eigenvalue weighted by Gasteiger charge is 2.29. The van der Waals surface area contributed by atoms with E-state index in [1.165, 1.54) is 5.56 Å². The van der Waals surface area contributed by atoms with Crippen molar-refractivity contribution in [3.63, 3.8) is 0 Å². The Morgan fingerprint density at radius 2 is 2.12 bits per heavy atom. The van der Waals surface area contributed by atoms with Gasteiger partial charge in [0.15, 0.2) is 0 Å². The van der Waals surface area contributed by atoms with E-state index in [9.17, 15) is 4.79 Å². The van der Waals surface area contributed by atoms with Gasteiger partial charge in [-0.3, -0.25) is 0 Å². The van der Waals surface area contributed by atoms with Crippen LogP contribution in [0.15, 0.2) is 49.1 Å². The Morgan fingerprint density at radius 1 is 1.28 bits per heavy atom. The molecule has 0 saturated carbocycles. The number of imidazole rings is 1. The fourth-order valence-electron chi connectivity index (χ4n) is 3.67. The molecule has 0 spiro atoms. The molecule has 5 heteroatoms. The smallest absolute Gasteiger partial charge is 0.317 e. The molecule has 5 nitrogen and oxygen atoms in total. The molecule has 1 aromatic carbocycles. The first-order valence-electron chi connectivity index (χ1n) is 9.27. The fourth-order valence-corrected chi connectivity index (χ4v) is 3.67. The molecule has 2 aromatic rings. The maximum Gasteiger partial charge on any atom is 0.317 e. The topological polar surface area (TPSA) is 50.2 Å². The van der Waals surface area contributed by atoms with Crippen molar-refractivity contribution in [1.82, 2.24) is 19.8 Å². The molecule has 1 saturated heterocycles. The van der Waals surface area contributed by atoms with E-state index in [4.69, 9.17) is 0 Å². The molecule has 1 aliphatic heterocycles. The minimum atomic E-state index is 0.0843. The molecule has 1 fully saturated rings. The highest BCUT2D eigenvalue weighted by Crippen LogP contribution is 2.32. The van der Waals surface area contributed by atoms with Crippen LogP contribution in [-0.4, -0.2) is 40.1 Å². The minimum absolute atomic E-state index is 0.0843. The lowest BCUT2D eigenvalue weighted by Gasteiger charge is -2.37. The number of aryl methyl sites for hydroxylation is 1. The van der Waals surface area contributed by atoms with Gasteiger partial charge in [-0.1, -0.05) is 37.3 Å². The Hall–Kier alpha value is -2.30. The van der Waals surface area contributed by atoms with Crippen LogP contribution in [0.3, 0.4) is 0 Å². The summed E-state index contributed by atoms with van der Waals surface area (Å²) in [6.45, 7) is 5.61. The van der Waals surface area contributed by atoms with Crippen molar-refractivity contribution in [2.45, 2.75) is 38.6 Å². The number of carbonyl (C=O) groups is 1. The Labute approximate surface area is 150 Å². The lowest BCUT2D eigenvalue weighted by Crippen LogP contribution is -2.47. The number of hydrogen-bond acceptors (Lipinski definition) is 2. The first kappa shape index (κ1) is 17.5. The number of benzene rings is 1. The van der Waals surface area contributed by atoms with Crippen LogP contribution in [0.25, 0.3) is 0 Å². The van der Waals surface area contributed by atoms with Gasteiger partial charge < -0.3 is 14.8 Å². The maximum absolute atomic E-state index is 12.4. The molecule has 2 heterocycles. The SMILES string of the molecule is C[C@@H]1CN(C(=O)NCCCCn2ccnc2)CC[C@@H]1c1ccccc1. The molecule has 2 atom stereocenters. The zero-order valence-electron chi connectivity index (χ0n) is 15.0. The van der Waals surface area contributed by atoms with Crippen LogP contribution in [-0.2, 0) is 6.54 Å². The molecule has 1 aliphatic rings. The van der Waals surface area contributed by atoms with Gasteiger partial charge in [-0.05, 0) is 36.7 Å². The van der Waals surface area contributed by atoms with E-state index in [1.54, 1.807) is 6.20 Å². The summed E-state index contributed by atoms with van der Waals surface area (Å²) in [5.74, 6) is 1.04. The van der Waals surface area contributed by atoms with Crippen LogP contribution >= 0.6 is 0 Å². The monoisotopic (exact) mass is 340 g/mol. The Balaban J connectivity index is 1.37. The van der Waals surface area contributed by atoms with Crippen LogP contribution in [0.2, 0.25) is 0 Å². The van der Waals surface area contributed by atoms with Crippen LogP contribution in [0.1, 0.15) is 37.7 Å². The molecule has 0 aliphatic carbocycles. The lowest BCUT2D eigenvalue weighted by atomic mass is 9.82. The molecule has 25 heavy (non-hydrogen) atoms. The average molecular weight is 340 g/mol. The van der Waals surface area contributed by atoms with Gasteiger partial charge in [0.2, 0.25) is 0 Å². The molecule has 0 radical (unpaired) electrons. The molecular weight excluding hydrogens is 312 g/mol. The van der Waals surface area contributed by atoms with Gasteiger partial charge >= 0.3 is 6.03 Å². The minimum Gasteiger partial charge on any atom is -0.338 e. The third-order valence-corrected chi connectivity index (χ3v) is 5.10. The molecule has 2 amide bonds. The summed E-state index contributed by atoms with van der Waals surface area (Å²) < 4.78 is 2.07. The lowest BCUT2D eigenvalue weighted by molar-refractivity contribution is 0.159. The highest BCUT2D eigenvalue weighted by molar-refractivity contribution is 5.74. The number of aromatic nitrogens is 2. The molecule has 134 valence electrons. The summed E-state index contributed by atoms with van der Waals surface area (Å²) >= 11 is 0. The van der Waals surface area contributed by atoms with Gasteiger partial charge in [-0.15, -0.1) is 0 Å². The quantitative estimate of drug-likeness (QED) is 0.818. The van der Waals surface area contributed by atoms with Crippen molar-refractivity contribution in [3.05, 3.63) is 54.6 Å². The van der Waals surface area contributed by atoms with Crippen LogP contribution in [0, 0.1) is 5.92 Å². The van der Waals surface area contributed by atoms with Crippen molar-refractivity contribution < 1.29 is 4.79 Å². The first-order chi connectivity index (χ1) is 12.2. The number of likely N-dealkylation sites (tertiary alicyclic amines) is 1. The standard InChI is InChI=1S/C20H28N4O/c1-17-15-24(13-9-19(17)18-7-3-2-4-8-18)20(25)22-10-5-6-12-23-14-11-21-16-23/h2-4,7-8,11,14,16-17,19H,5-6,9-10,12-13,15H2,1H3,(H,22,25)/t17-,19+/m1/s1. The second-order valence-corrected chi connectivity index (χ2v) is 6.97. The number of rotatable bonds is 6. The Morgan fingerprint density at radius 3 is 2.84 bits per heavy atom. The van der Waals surface area contributed by atoms with E-state index in [-0.39, 0.29) is 6.03 Å². The van der Waals surface area contributed by atoms with Crippen molar-refractivity contribution >= 4 is 6.03 Å². The average Bonchev–Trinajstić information content (AvgIpc) is 3.15. The number of nitrogens with zero attached hydrogens (tertiary/aromatic N) is 3.